The molecule has 0 aliphatic carbocycles. The molecule has 2 rings (SSSR count). The quantitative estimate of drug-likeness (QED) is 0.466. The van der Waals surface area contributed by atoms with E-state index in [1.165, 1.54) is 5.01 Å². The Balaban J connectivity index is 2.31. The summed E-state index contributed by atoms with van der Waals surface area (Å²) in [4.78, 5) is 15.6. The van der Waals surface area contributed by atoms with Gasteiger partial charge in [-0.3, -0.25) is 0 Å². The molecule has 1 fully saturated rings. The van der Waals surface area contributed by atoms with Crippen LogP contribution >= 0.6 is 0 Å². The summed E-state index contributed by atoms with van der Waals surface area (Å²) in [6.07, 6.45) is 0. The number of hydrogen-bond donors (Lipinski definition) is 1. The van der Waals surface area contributed by atoms with Crippen molar-refractivity contribution < 1.29 is 4.79 Å². The predicted octanol–water partition coefficient (Wildman–Crippen LogP) is 0.821. The van der Waals surface area contributed by atoms with Gasteiger partial charge in [0, 0.05) is 0 Å². The van der Waals surface area contributed by atoms with E-state index in [1.54, 1.807) is 0 Å². The van der Waals surface area contributed by atoms with Crippen molar-refractivity contribution in [2.24, 2.45) is 10.8 Å². The van der Waals surface area contributed by atoms with Gasteiger partial charge in [-0.05, 0) is 0 Å². The number of amidine groups is 1. The standard InChI is InChI=1S/C10H11N3OSe/c1-7-4-2-3-5-8(7)12-10-13(11)9(14)6-15-10/h2-5H,6,11H2,1H3. The molecule has 0 unspecified atom stereocenters. The van der Waals surface area contributed by atoms with Crippen LogP contribution in [-0.4, -0.2) is 30.6 Å². The maximum atomic E-state index is 11.2. The number of amides is 1. The van der Waals surface area contributed by atoms with Gasteiger partial charge in [-0.2, -0.15) is 0 Å². The van der Waals surface area contributed by atoms with Crippen LogP contribution in [0.3, 0.4) is 0 Å². The SMILES string of the molecule is Cc1ccccc1N=C1[Se]CC(=O)N1N. The van der Waals surface area contributed by atoms with Crippen LogP contribution in [0.2, 0.25) is 5.32 Å². The topological polar surface area (TPSA) is 58.7 Å². The number of hydrazine groups is 1. The maximum absolute atomic E-state index is 11.2. The van der Waals surface area contributed by atoms with E-state index in [-0.39, 0.29) is 20.9 Å². The van der Waals surface area contributed by atoms with Crippen molar-refractivity contribution in [3.05, 3.63) is 29.8 Å². The summed E-state index contributed by atoms with van der Waals surface area (Å²) < 4.78 is 0.710. The summed E-state index contributed by atoms with van der Waals surface area (Å²) in [6.45, 7) is 1.99. The molecule has 1 aromatic carbocycles. The molecule has 78 valence electrons. The third-order valence-corrected chi connectivity index (χ3v) is 4.10. The van der Waals surface area contributed by atoms with Crippen molar-refractivity contribution in [2.45, 2.75) is 12.2 Å². The van der Waals surface area contributed by atoms with E-state index in [9.17, 15) is 4.79 Å². The summed E-state index contributed by atoms with van der Waals surface area (Å²) in [7, 11) is 0. The third kappa shape index (κ3) is 2.09. The first kappa shape index (κ1) is 10.4. The summed E-state index contributed by atoms with van der Waals surface area (Å²) >= 11 is 0.0775. The Morgan fingerprint density at radius 3 is 2.80 bits per heavy atom. The number of aryl methyl sites for hydroxylation is 1. The molecular weight excluding hydrogens is 257 g/mol. The molecule has 15 heavy (non-hydrogen) atoms. The molecule has 2 N–H and O–H groups in total. The molecule has 5 heteroatoms. The van der Waals surface area contributed by atoms with Crippen LogP contribution in [-0.2, 0) is 4.79 Å². The Hall–Kier alpha value is -1.16. The minimum atomic E-state index is -0.0395. The summed E-state index contributed by atoms with van der Waals surface area (Å²) in [5, 5.41) is 1.70. The average molecular weight is 268 g/mol. The van der Waals surface area contributed by atoms with Crippen LogP contribution in [0.15, 0.2) is 29.3 Å². The van der Waals surface area contributed by atoms with Crippen LogP contribution in [0.25, 0.3) is 0 Å². The van der Waals surface area contributed by atoms with E-state index in [0.717, 1.165) is 11.3 Å². The fourth-order valence-electron chi connectivity index (χ4n) is 1.25. The van der Waals surface area contributed by atoms with Crippen molar-refractivity contribution in [1.29, 1.82) is 0 Å². The molecular formula is C10H11N3OSe. The van der Waals surface area contributed by atoms with Crippen LogP contribution in [0.4, 0.5) is 5.69 Å². The van der Waals surface area contributed by atoms with Crippen molar-refractivity contribution in [3.63, 3.8) is 0 Å². The molecule has 1 aliphatic rings. The number of aliphatic imine (C=N–C) groups is 1. The van der Waals surface area contributed by atoms with Crippen molar-refractivity contribution in [1.82, 2.24) is 5.01 Å². The monoisotopic (exact) mass is 269 g/mol. The Kier molecular flexibility index (Phi) is 2.86. The summed E-state index contributed by atoms with van der Waals surface area (Å²) in [5.74, 6) is 5.55. The average Bonchev–Trinajstić information content (AvgIpc) is 2.53. The van der Waals surface area contributed by atoms with E-state index >= 15 is 0 Å². The zero-order chi connectivity index (χ0) is 10.8. The summed E-state index contributed by atoms with van der Waals surface area (Å²) in [5.41, 5.74) is 1.98. The van der Waals surface area contributed by atoms with Gasteiger partial charge in [0.25, 0.3) is 0 Å². The number of nitrogens with zero attached hydrogens (tertiary/aromatic N) is 2. The molecule has 0 spiro atoms. The second-order valence-electron chi connectivity index (χ2n) is 3.23. The number of nitrogens with two attached hydrogens (primary N) is 1. The molecule has 1 amide bonds. The predicted molar refractivity (Wildman–Crippen MR) is 59.9 cm³/mol. The second-order valence-corrected chi connectivity index (χ2v) is 5.21. The van der Waals surface area contributed by atoms with Gasteiger partial charge in [-0.15, -0.1) is 0 Å². The molecule has 0 radical (unpaired) electrons. The zero-order valence-electron chi connectivity index (χ0n) is 8.30. The zero-order valence-corrected chi connectivity index (χ0v) is 10.0. The van der Waals surface area contributed by atoms with Crippen LogP contribution in [0.1, 0.15) is 5.56 Å². The molecule has 0 aromatic heterocycles. The first-order valence-electron chi connectivity index (χ1n) is 4.53. The van der Waals surface area contributed by atoms with E-state index in [0.29, 0.717) is 10.1 Å². The number of carbonyl (C=O) groups excluding carboxylic acids is 1. The van der Waals surface area contributed by atoms with Gasteiger partial charge < -0.3 is 0 Å². The van der Waals surface area contributed by atoms with Gasteiger partial charge in [0.2, 0.25) is 0 Å². The van der Waals surface area contributed by atoms with E-state index < -0.39 is 0 Å². The second kappa shape index (κ2) is 4.14. The molecule has 0 saturated carbocycles. The number of para-hydroxylation sites is 1. The van der Waals surface area contributed by atoms with Gasteiger partial charge in [0.05, 0.1) is 0 Å². The van der Waals surface area contributed by atoms with E-state index in [4.69, 9.17) is 5.84 Å². The molecule has 0 bridgehead atoms. The number of benzene rings is 1. The molecule has 1 saturated heterocycles. The van der Waals surface area contributed by atoms with Gasteiger partial charge in [-0.25, -0.2) is 0 Å². The Labute approximate surface area is 94.3 Å². The van der Waals surface area contributed by atoms with Crippen LogP contribution in [0, 0.1) is 6.92 Å². The number of carbonyl (C=O) groups is 1. The van der Waals surface area contributed by atoms with Gasteiger partial charge in [0.1, 0.15) is 0 Å². The van der Waals surface area contributed by atoms with Gasteiger partial charge >= 0.3 is 94.0 Å². The third-order valence-electron chi connectivity index (χ3n) is 2.13. The van der Waals surface area contributed by atoms with E-state index in [2.05, 4.69) is 4.99 Å². The molecule has 4 nitrogen and oxygen atoms in total. The van der Waals surface area contributed by atoms with Crippen molar-refractivity contribution in [3.8, 4) is 0 Å². The van der Waals surface area contributed by atoms with E-state index in [1.807, 2.05) is 31.2 Å². The Bertz CT molecular complexity index is 430. The molecule has 1 heterocycles. The van der Waals surface area contributed by atoms with Crippen LogP contribution < -0.4 is 5.84 Å². The van der Waals surface area contributed by atoms with Crippen molar-refractivity contribution >= 4 is 31.3 Å². The van der Waals surface area contributed by atoms with Gasteiger partial charge in [0.15, 0.2) is 0 Å². The minimum absolute atomic E-state index is 0.0395. The van der Waals surface area contributed by atoms with Crippen molar-refractivity contribution in [2.75, 3.05) is 0 Å². The number of rotatable bonds is 1. The normalized spacial score (nSPS) is 18.9. The summed E-state index contributed by atoms with van der Waals surface area (Å²) in [6, 6.07) is 7.81. The first-order chi connectivity index (χ1) is 7.18. The Morgan fingerprint density at radius 1 is 1.47 bits per heavy atom. The Morgan fingerprint density at radius 2 is 2.20 bits per heavy atom. The van der Waals surface area contributed by atoms with Gasteiger partial charge in [-0.1, -0.05) is 0 Å². The first-order valence-corrected chi connectivity index (χ1v) is 6.60. The van der Waals surface area contributed by atoms with Crippen LogP contribution in [0.5, 0.6) is 0 Å². The fraction of sp³-hybridized carbons (Fsp3) is 0.200. The molecule has 1 aromatic rings. The number of hydrogen-bond acceptors (Lipinski definition) is 3. The fourth-order valence-corrected chi connectivity index (χ4v) is 2.92. The molecule has 1 aliphatic heterocycles. The molecule has 0 atom stereocenters.